The van der Waals surface area contributed by atoms with Gasteiger partial charge in [-0.05, 0) is 24.3 Å². The van der Waals surface area contributed by atoms with Crippen molar-refractivity contribution in [2.75, 3.05) is 51.9 Å². The van der Waals surface area contributed by atoms with E-state index in [2.05, 4.69) is 15.3 Å². The van der Waals surface area contributed by atoms with Gasteiger partial charge in [0.1, 0.15) is 29.6 Å². The van der Waals surface area contributed by atoms with E-state index in [1.54, 1.807) is 18.2 Å². The smallest absolute Gasteiger partial charge is 0.274 e. The number of anilines is 1. The third kappa shape index (κ3) is 4.82. The molecule has 0 bridgehead atoms. The lowest BCUT2D eigenvalue weighted by molar-refractivity contribution is 0.0298. The molecule has 0 unspecified atom stereocenters. The summed E-state index contributed by atoms with van der Waals surface area (Å²) < 4.78 is 16.0. The molecule has 0 saturated carbocycles. The van der Waals surface area contributed by atoms with E-state index in [0.717, 1.165) is 11.5 Å². The predicted molar refractivity (Wildman–Crippen MR) is 95.7 cm³/mol. The fourth-order valence-corrected chi connectivity index (χ4v) is 2.48. The average molecular weight is 358 g/mol. The first-order chi connectivity index (χ1) is 12.8. The maximum atomic E-state index is 12.3. The molecule has 0 radical (unpaired) electrons. The summed E-state index contributed by atoms with van der Waals surface area (Å²) >= 11 is 0. The molecule has 3 rings (SSSR count). The molecule has 26 heavy (non-hydrogen) atoms. The van der Waals surface area contributed by atoms with Crippen LogP contribution >= 0.6 is 0 Å². The fraction of sp³-hybridized carbons (Fsp3) is 0.389. The Morgan fingerprint density at radius 1 is 1.15 bits per heavy atom. The maximum absolute atomic E-state index is 12.3. The minimum atomic E-state index is -0.116. The Morgan fingerprint density at radius 2 is 1.88 bits per heavy atom. The Hall–Kier alpha value is -2.87. The van der Waals surface area contributed by atoms with Gasteiger partial charge in [-0.1, -0.05) is 0 Å². The summed E-state index contributed by atoms with van der Waals surface area (Å²) in [6, 6.07) is 7.40. The van der Waals surface area contributed by atoms with Crippen molar-refractivity contribution in [3.05, 3.63) is 42.4 Å². The molecule has 2 heterocycles. The van der Waals surface area contributed by atoms with Crippen LogP contribution in [0.3, 0.4) is 0 Å². The second kappa shape index (κ2) is 9.00. The zero-order valence-corrected chi connectivity index (χ0v) is 14.7. The number of morpholine rings is 1. The topological polar surface area (TPSA) is 85.8 Å². The monoisotopic (exact) mass is 358 g/mol. The number of carbonyl (C=O) groups is 1. The molecular formula is C18H22N4O4. The maximum Gasteiger partial charge on any atom is 0.274 e. The minimum absolute atomic E-state index is 0.116. The van der Waals surface area contributed by atoms with Crippen molar-refractivity contribution < 1.29 is 19.0 Å². The molecule has 1 aliphatic heterocycles. The number of aromatic nitrogens is 2. The Balaban J connectivity index is 1.43. The molecule has 8 heteroatoms. The van der Waals surface area contributed by atoms with Gasteiger partial charge in [-0.15, -0.1) is 0 Å². The summed E-state index contributed by atoms with van der Waals surface area (Å²) in [6.45, 7) is 3.34. The van der Waals surface area contributed by atoms with E-state index in [4.69, 9.17) is 14.2 Å². The van der Waals surface area contributed by atoms with Crippen molar-refractivity contribution in [1.29, 1.82) is 0 Å². The number of hydrogen-bond acceptors (Lipinski definition) is 7. The van der Waals surface area contributed by atoms with Crippen LogP contribution in [-0.4, -0.2) is 67.3 Å². The lowest BCUT2D eigenvalue weighted by atomic mass is 10.3. The van der Waals surface area contributed by atoms with Gasteiger partial charge in [-0.25, -0.2) is 9.97 Å². The van der Waals surface area contributed by atoms with Crippen molar-refractivity contribution in [1.82, 2.24) is 14.9 Å². The van der Waals surface area contributed by atoms with Crippen LogP contribution in [0.4, 0.5) is 5.82 Å². The van der Waals surface area contributed by atoms with Crippen LogP contribution in [0, 0.1) is 0 Å². The SMILES string of the molecule is COc1ccc(OCCNc2cnc(C(=O)N3CCOCC3)cn2)cc1. The van der Waals surface area contributed by atoms with Crippen molar-refractivity contribution in [2.24, 2.45) is 0 Å². The van der Waals surface area contributed by atoms with Gasteiger partial charge in [-0.3, -0.25) is 4.79 Å². The van der Waals surface area contributed by atoms with Crippen molar-refractivity contribution in [2.45, 2.75) is 0 Å². The third-order valence-corrected chi connectivity index (χ3v) is 3.91. The highest BCUT2D eigenvalue weighted by atomic mass is 16.5. The van der Waals surface area contributed by atoms with Crippen LogP contribution in [0.1, 0.15) is 10.5 Å². The van der Waals surface area contributed by atoms with Gasteiger partial charge in [0.2, 0.25) is 0 Å². The van der Waals surface area contributed by atoms with E-state index in [-0.39, 0.29) is 5.91 Å². The highest BCUT2D eigenvalue weighted by molar-refractivity contribution is 5.92. The Morgan fingerprint density at radius 3 is 2.54 bits per heavy atom. The molecular weight excluding hydrogens is 336 g/mol. The van der Waals surface area contributed by atoms with Gasteiger partial charge in [-0.2, -0.15) is 0 Å². The van der Waals surface area contributed by atoms with Gasteiger partial charge in [0.05, 0.1) is 39.3 Å². The van der Waals surface area contributed by atoms with Crippen LogP contribution in [0.25, 0.3) is 0 Å². The van der Waals surface area contributed by atoms with Crippen molar-refractivity contribution >= 4 is 11.7 Å². The Labute approximate surface area is 152 Å². The van der Waals surface area contributed by atoms with Crippen LogP contribution in [0.15, 0.2) is 36.7 Å². The van der Waals surface area contributed by atoms with Crippen molar-refractivity contribution in [3.63, 3.8) is 0 Å². The first-order valence-electron chi connectivity index (χ1n) is 8.46. The zero-order valence-electron chi connectivity index (χ0n) is 14.7. The van der Waals surface area contributed by atoms with E-state index < -0.39 is 0 Å². The molecule has 0 atom stereocenters. The summed E-state index contributed by atoms with van der Waals surface area (Å²) in [4.78, 5) is 22.5. The van der Waals surface area contributed by atoms with Gasteiger partial charge < -0.3 is 24.4 Å². The summed E-state index contributed by atoms with van der Waals surface area (Å²) in [5.74, 6) is 2.04. The number of methoxy groups -OCH3 is 1. The largest absolute Gasteiger partial charge is 0.497 e. The summed E-state index contributed by atoms with van der Waals surface area (Å²) in [5, 5.41) is 3.11. The summed E-state index contributed by atoms with van der Waals surface area (Å²) in [7, 11) is 1.63. The number of benzene rings is 1. The van der Waals surface area contributed by atoms with Gasteiger partial charge in [0.25, 0.3) is 5.91 Å². The lowest BCUT2D eigenvalue weighted by Gasteiger charge is -2.26. The van der Waals surface area contributed by atoms with E-state index in [1.807, 2.05) is 24.3 Å². The number of nitrogens with one attached hydrogen (secondary N) is 1. The first-order valence-corrected chi connectivity index (χ1v) is 8.46. The van der Waals surface area contributed by atoms with E-state index >= 15 is 0 Å². The van der Waals surface area contributed by atoms with E-state index in [9.17, 15) is 4.79 Å². The molecule has 1 aliphatic rings. The van der Waals surface area contributed by atoms with Gasteiger partial charge in [0, 0.05) is 13.1 Å². The second-order valence-corrected chi connectivity index (χ2v) is 5.64. The van der Waals surface area contributed by atoms with Gasteiger partial charge >= 0.3 is 0 Å². The number of nitrogens with zero attached hydrogens (tertiary/aromatic N) is 3. The lowest BCUT2D eigenvalue weighted by Crippen LogP contribution is -2.41. The molecule has 2 aromatic rings. The summed E-state index contributed by atoms with van der Waals surface area (Å²) in [6.07, 6.45) is 3.05. The minimum Gasteiger partial charge on any atom is -0.497 e. The summed E-state index contributed by atoms with van der Waals surface area (Å²) in [5.41, 5.74) is 0.340. The average Bonchev–Trinajstić information content (AvgIpc) is 2.72. The Bertz CT molecular complexity index is 700. The number of hydrogen-bond donors (Lipinski definition) is 1. The molecule has 138 valence electrons. The number of ether oxygens (including phenoxy) is 3. The number of amides is 1. The molecule has 1 N–H and O–H groups in total. The predicted octanol–water partition coefficient (Wildman–Crippen LogP) is 1.45. The van der Waals surface area contributed by atoms with Crippen LogP contribution in [0.2, 0.25) is 0 Å². The molecule has 1 saturated heterocycles. The fourth-order valence-electron chi connectivity index (χ4n) is 2.48. The standard InChI is InChI=1S/C18H22N4O4/c1-24-14-2-4-15(5-3-14)26-9-6-19-17-13-20-16(12-21-17)18(23)22-7-10-25-11-8-22/h2-5,12-13H,6-11H2,1H3,(H,19,21). The first kappa shape index (κ1) is 17.9. The molecule has 1 amide bonds. The third-order valence-electron chi connectivity index (χ3n) is 3.91. The number of carbonyl (C=O) groups excluding carboxylic acids is 1. The zero-order chi connectivity index (χ0) is 18.2. The van der Waals surface area contributed by atoms with Crippen LogP contribution in [-0.2, 0) is 4.74 Å². The highest BCUT2D eigenvalue weighted by Gasteiger charge is 2.19. The van der Waals surface area contributed by atoms with Crippen molar-refractivity contribution in [3.8, 4) is 11.5 Å². The normalized spacial score (nSPS) is 14.0. The van der Waals surface area contributed by atoms with Crippen LogP contribution in [0.5, 0.6) is 11.5 Å². The van der Waals surface area contributed by atoms with Gasteiger partial charge in [0.15, 0.2) is 0 Å². The molecule has 0 spiro atoms. The molecule has 8 nitrogen and oxygen atoms in total. The van der Waals surface area contributed by atoms with Crippen LogP contribution < -0.4 is 14.8 Å². The number of rotatable bonds is 7. The van der Waals surface area contributed by atoms with E-state index in [0.29, 0.717) is 51.0 Å². The highest BCUT2D eigenvalue weighted by Crippen LogP contribution is 2.16. The molecule has 1 aromatic carbocycles. The Kier molecular flexibility index (Phi) is 6.21. The van der Waals surface area contributed by atoms with E-state index in [1.165, 1.54) is 6.20 Å². The quantitative estimate of drug-likeness (QED) is 0.750. The molecule has 0 aliphatic carbocycles. The molecule has 1 aromatic heterocycles. The molecule has 1 fully saturated rings. The second-order valence-electron chi connectivity index (χ2n) is 5.64.